The van der Waals surface area contributed by atoms with Gasteiger partial charge in [0.25, 0.3) is 0 Å². The Morgan fingerprint density at radius 1 is 1.28 bits per heavy atom. The van der Waals surface area contributed by atoms with Gasteiger partial charge in [0.15, 0.2) is 22.3 Å². The molecule has 12 heteroatoms. The van der Waals surface area contributed by atoms with E-state index in [-0.39, 0.29) is 19.3 Å². The highest BCUT2D eigenvalue weighted by molar-refractivity contribution is 7.88. The van der Waals surface area contributed by atoms with Crippen LogP contribution in [0.5, 0.6) is 17.2 Å². The lowest BCUT2D eigenvalue weighted by Gasteiger charge is -2.29. The number of piperidine rings is 1. The normalized spacial score (nSPS) is 19.7. The summed E-state index contributed by atoms with van der Waals surface area (Å²) < 4.78 is 43.5. The predicted octanol–water partition coefficient (Wildman–Crippen LogP) is 1.63. The first-order valence-corrected chi connectivity index (χ1v) is 11.8. The van der Waals surface area contributed by atoms with Crippen LogP contribution in [0.3, 0.4) is 0 Å². The molecule has 1 aromatic carbocycles. The van der Waals surface area contributed by atoms with Gasteiger partial charge in [-0.15, -0.1) is 10.2 Å². The summed E-state index contributed by atoms with van der Waals surface area (Å²) in [6, 6.07) is 5.42. The number of rotatable bonds is 5. The van der Waals surface area contributed by atoms with Gasteiger partial charge in [-0.3, -0.25) is 0 Å². The van der Waals surface area contributed by atoms with Crippen molar-refractivity contribution in [3.63, 3.8) is 0 Å². The lowest BCUT2D eigenvalue weighted by atomic mass is 9.99. The van der Waals surface area contributed by atoms with E-state index < -0.39 is 10.0 Å². The van der Waals surface area contributed by atoms with Gasteiger partial charge in [0.1, 0.15) is 12.4 Å². The van der Waals surface area contributed by atoms with Crippen molar-refractivity contribution in [1.29, 1.82) is 0 Å². The maximum absolute atomic E-state index is 11.9. The second-order valence-corrected chi connectivity index (χ2v) is 10.0. The average Bonchev–Trinajstić information content (AvgIpc) is 3.40. The van der Waals surface area contributed by atoms with Crippen molar-refractivity contribution in [3.05, 3.63) is 29.0 Å². The zero-order valence-electron chi connectivity index (χ0n) is 15.6. The zero-order chi connectivity index (χ0) is 20.0. The quantitative estimate of drug-likeness (QED) is 0.593. The third-order valence-electron chi connectivity index (χ3n) is 4.98. The number of ether oxygens (including phenoxy) is 3. The van der Waals surface area contributed by atoms with E-state index in [9.17, 15) is 8.42 Å². The molecule has 0 N–H and O–H groups in total. The molecule has 29 heavy (non-hydrogen) atoms. The van der Waals surface area contributed by atoms with Gasteiger partial charge in [-0.25, -0.2) is 12.7 Å². The fourth-order valence-corrected chi connectivity index (χ4v) is 5.22. The molecule has 0 aliphatic carbocycles. The number of benzene rings is 1. The van der Waals surface area contributed by atoms with Crippen LogP contribution < -0.4 is 14.2 Å². The highest BCUT2D eigenvalue weighted by Gasteiger charge is 2.30. The van der Waals surface area contributed by atoms with Crippen molar-refractivity contribution in [2.75, 3.05) is 26.1 Å². The number of hydrogen-bond acceptors (Lipinski definition) is 9. The third kappa shape index (κ3) is 3.63. The molecule has 0 saturated carbocycles. The Balaban J connectivity index is 1.32. The van der Waals surface area contributed by atoms with Crippen LogP contribution in [0, 0.1) is 0 Å². The smallest absolute Gasteiger partial charge is 0.234 e. The Hall–Kier alpha value is -2.44. The number of sulfonamides is 1. The Morgan fingerprint density at radius 3 is 3.00 bits per heavy atom. The van der Waals surface area contributed by atoms with Gasteiger partial charge in [-0.05, 0) is 25.0 Å². The van der Waals surface area contributed by atoms with Gasteiger partial charge < -0.3 is 14.2 Å². The Kier molecular flexibility index (Phi) is 4.56. The van der Waals surface area contributed by atoms with E-state index in [1.54, 1.807) is 10.6 Å². The number of fused-ring (bicyclic) bond motifs is 2. The van der Waals surface area contributed by atoms with Crippen LogP contribution in [0.15, 0.2) is 18.2 Å². The fraction of sp³-hybridized carbons (Fsp3) is 0.471. The summed E-state index contributed by atoms with van der Waals surface area (Å²) >= 11 is 1.40. The van der Waals surface area contributed by atoms with E-state index in [1.165, 1.54) is 21.9 Å². The van der Waals surface area contributed by atoms with Crippen molar-refractivity contribution >= 4 is 26.3 Å². The predicted molar refractivity (Wildman–Crippen MR) is 104 cm³/mol. The van der Waals surface area contributed by atoms with E-state index in [0.717, 1.165) is 17.8 Å². The van der Waals surface area contributed by atoms with Crippen LogP contribution in [0.25, 0.3) is 4.96 Å². The van der Waals surface area contributed by atoms with Crippen LogP contribution in [-0.4, -0.2) is 58.7 Å². The van der Waals surface area contributed by atoms with Crippen molar-refractivity contribution in [2.24, 2.45) is 0 Å². The lowest BCUT2D eigenvalue weighted by molar-refractivity contribution is 0.173. The number of aromatic nitrogens is 4. The molecular weight excluding hydrogens is 418 g/mol. The molecule has 0 radical (unpaired) electrons. The van der Waals surface area contributed by atoms with Crippen LogP contribution in [0.1, 0.15) is 29.6 Å². The highest BCUT2D eigenvalue weighted by Crippen LogP contribution is 2.35. The summed E-state index contributed by atoms with van der Waals surface area (Å²) in [6.45, 7) is 1.45. The largest absolute Gasteiger partial charge is 0.486 e. The molecule has 3 aromatic rings. The van der Waals surface area contributed by atoms with E-state index in [0.29, 0.717) is 41.1 Å². The molecule has 2 aromatic heterocycles. The summed E-state index contributed by atoms with van der Waals surface area (Å²) in [5.41, 5.74) is 0. The Bertz CT molecular complexity index is 1160. The number of nitrogens with zero attached hydrogens (tertiary/aromatic N) is 5. The molecule has 4 heterocycles. The van der Waals surface area contributed by atoms with Gasteiger partial charge in [0, 0.05) is 25.1 Å². The molecule has 1 atom stereocenters. The topological polar surface area (TPSA) is 108 Å². The van der Waals surface area contributed by atoms with E-state index in [1.807, 2.05) is 12.1 Å². The second-order valence-electron chi connectivity index (χ2n) is 7.01. The molecule has 1 saturated heterocycles. The van der Waals surface area contributed by atoms with E-state index in [2.05, 4.69) is 15.3 Å². The summed E-state index contributed by atoms with van der Waals surface area (Å²) in [4.78, 5) is 0.667. The van der Waals surface area contributed by atoms with Crippen molar-refractivity contribution < 1.29 is 22.6 Å². The molecule has 154 valence electrons. The van der Waals surface area contributed by atoms with Crippen molar-refractivity contribution in [1.82, 2.24) is 24.1 Å². The fourth-order valence-electron chi connectivity index (χ4n) is 3.55. The monoisotopic (exact) mass is 437 g/mol. The minimum Gasteiger partial charge on any atom is -0.486 e. The molecule has 1 unspecified atom stereocenters. The van der Waals surface area contributed by atoms with Crippen LogP contribution >= 0.6 is 11.3 Å². The first kappa shape index (κ1) is 18.6. The summed E-state index contributed by atoms with van der Waals surface area (Å²) in [7, 11) is -3.22. The minimum atomic E-state index is -3.22. The maximum Gasteiger partial charge on any atom is 0.234 e. The zero-order valence-corrected chi connectivity index (χ0v) is 17.3. The van der Waals surface area contributed by atoms with Crippen LogP contribution in [-0.2, 0) is 16.6 Å². The molecule has 1 fully saturated rings. The highest BCUT2D eigenvalue weighted by atomic mass is 32.2. The summed E-state index contributed by atoms with van der Waals surface area (Å²) in [5.74, 6) is 2.70. The van der Waals surface area contributed by atoms with Crippen molar-refractivity contribution in [2.45, 2.75) is 25.4 Å². The number of hydrogen-bond donors (Lipinski definition) is 0. The molecule has 0 spiro atoms. The summed E-state index contributed by atoms with van der Waals surface area (Å²) in [6.07, 6.45) is 2.88. The van der Waals surface area contributed by atoms with Crippen LogP contribution in [0.4, 0.5) is 0 Å². The maximum atomic E-state index is 11.9. The molecule has 2 aliphatic heterocycles. The van der Waals surface area contributed by atoms with Crippen molar-refractivity contribution in [3.8, 4) is 17.2 Å². The lowest BCUT2D eigenvalue weighted by Crippen LogP contribution is -2.38. The first-order valence-electron chi connectivity index (χ1n) is 9.16. The first-order chi connectivity index (χ1) is 14.0. The summed E-state index contributed by atoms with van der Waals surface area (Å²) in [5, 5.41) is 13.8. The molecule has 0 bridgehead atoms. The third-order valence-corrected chi connectivity index (χ3v) is 7.12. The SMILES string of the molecule is CS(=O)(=O)N1CCCC(c2nnc3sc(COc4ccc5c(c4)OCO5)nn23)C1. The van der Waals surface area contributed by atoms with Gasteiger partial charge in [-0.2, -0.15) is 9.61 Å². The van der Waals surface area contributed by atoms with Gasteiger partial charge >= 0.3 is 0 Å². The molecule has 2 aliphatic rings. The molecule has 10 nitrogen and oxygen atoms in total. The Labute approximate surface area is 171 Å². The van der Waals surface area contributed by atoms with E-state index in [4.69, 9.17) is 14.2 Å². The molecule has 0 amide bonds. The van der Waals surface area contributed by atoms with E-state index >= 15 is 0 Å². The standard InChI is InChI=1S/C17H19N5O5S2/c1-29(23,24)21-6-2-3-11(8-21)16-18-19-17-22(16)20-15(28-17)9-25-12-4-5-13-14(7-12)27-10-26-13/h4-5,7,11H,2-3,6,8-10H2,1H3. The average molecular weight is 438 g/mol. The Morgan fingerprint density at radius 2 is 2.14 bits per heavy atom. The van der Waals surface area contributed by atoms with Crippen LogP contribution in [0.2, 0.25) is 0 Å². The van der Waals surface area contributed by atoms with Gasteiger partial charge in [-0.1, -0.05) is 11.3 Å². The molecular formula is C17H19N5O5S2. The van der Waals surface area contributed by atoms with Gasteiger partial charge in [0.05, 0.1) is 6.26 Å². The minimum absolute atomic E-state index is 0.0294. The molecule has 5 rings (SSSR count). The second kappa shape index (κ2) is 7.11. The van der Waals surface area contributed by atoms with Gasteiger partial charge in [0.2, 0.25) is 21.8 Å².